The molecule has 1 unspecified atom stereocenters. The van der Waals surface area contributed by atoms with Gasteiger partial charge in [-0.15, -0.1) is 0 Å². The molecule has 1 aliphatic heterocycles. The molecule has 0 N–H and O–H groups in total. The summed E-state index contributed by atoms with van der Waals surface area (Å²) in [6, 6.07) is 0. The van der Waals surface area contributed by atoms with Crippen molar-refractivity contribution in [3.8, 4) is 0 Å². The second-order valence-electron chi connectivity index (χ2n) is 2.70. The van der Waals surface area contributed by atoms with Crippen molar-refractivity contribution in [1.82, 2.24) is 9.80 Å². The third-order valence-electron chi connectivity index (χ3n) is 2.23. The van der Waals surface area contributed by atoms with Crippen LogP contribution in [-0.4, -0.2) is 41.1 Å². The van der Waals surface area contributed by atoms with Gasteiger partial charge in [0.2, 0.25) is 0 Å². The lowest BCUT2D eigenvalue weighted by atomic mass is 10.5. The maximum Gasteiger partial charge on any atom is 0.0932 e. The molecule has 0 aromatic rings. The molecule has 0 spiro atoms. The number of thiocarbonyl (C=S) groups is 1. The van der Waals surface area contributed by atoms with Crippen LogP contribution in [0, 0.1) is 0 Å². The van der Waals surface area contributed by atoms with Gasteiger partial charge in [0.1, 0.15) is 0 Å². The summed E-state index contributed by atoms with van der Waals surface area (Å²) in [6.45, 7) is 6.40. The van der Waals surface area contributed by atoms with E-state index in [1.54, 1.807) is 0 Å². The first-order valence-corrected chi connectivity index (χ1v) is 4.07. The highest BCUT2D eigenvalue weighted by molar-refractivity contribution is 7.80. The fraction of sp³-hybridized carbons (Fsp3) is 0.857. The lowest BCUT2D eigenvalue weighted by Gasteiger charge is -2.22. The van der Waals surface area contributed by atoms with Crippen LogP contribution in [0.1, 0.15) is 13.8 Å². The van der Waals surface area contributed by atoms with Gasteiger partial charge in [-0.1, -0.05) is 19.1 Å². The molecule has 10 heavy (non-hydrogen) atoms. The summed E-state index contributed by atoms with van der Waals surface area (Å²) in [4.78, 5) is 5.57. The molecule has 3 heteroatoms. The van der Waals surface area contributed by atoms with Crippen LogP contribution in [0.5, 0.6) is 0 Å². The van der Waals surface area contributed by atoms with E-state index < -0.39 is 0 Å². The minimum absolute atomic E-state index is 0.498. The minimum Gasteiger partial charge on any atom is -0.353 e. The summed E-state index contributed by atoms with van der Waals surface area (Å²) < 4.78 is 0. The molecule has 1 heterocycles. The molecule has 0 amide bonds. The van der Waals surface area contributed by atoms with E-state index in [0.29, 0.717) is 6.17 Å². The molecule has 1 saturated heterocycles. The predicted molar refractivity (Wildman–Crippen MR) is 47.1 cm³/mol. The highest BCUT2D eigenvalue weighted by Gasteiger charge is 2.26. The molecular formula is C7H14N2S. The molecule has 0 aromatic heterocycles. The Hall–Kier alpha value is -0.150. The molecule has 2 nitrogen and oxygen atoms in total. The van der Waals surface area contributed by atoms with E-state index >= 15 is 0 Å². The summed E-state index contributed by atoms with van der Waals surface area (Å²) in [5.41, 5.74) is 0. The minimum atomic E-state index is 0.498. The summed E-state index contributed by atoms with van der Waals surface area (Å²) in [7, 11) is 2.06. The SMILES string of the molecule is CCN1CC(=S)N(C)C1C. The largest absolute Gasteiger partial charge is 0.353 e. The Balaban J connectivity index is 2.61. The summed E-state index contributed by atoms with van der Waals surface area (Å²) in [6.07, 6.45) is 0.498. The first-order valence-electron chi connectivity index (χ1n) is 3.66. The average molecular weight is 158 g/mol. The zero-order valence-corrected chi connectivity index (χ0v) is 7.61. The molecule has 0 saturated carbocycles. The van der Waals surface area contributed by atoms with Gasteiger partial charge in [0.25, 0.3) is 0 Å². The second-order valence-corrected chi connectivity index (χ2v) is 3.17. The maximum absolute atomic E-state index is 5.15. The Bertz CT molecular complexity index is 147. The Morgan fingerprint density at radius 2 is 2.30 bits per heavy atom. The summed E-state index contributed by atoms with van der Waals surface area (Å²) in [5.74, 6) is 0. The van der Waals surface area contributed by atoms with Gasteiger partial charge < -0.3 is 4.90 Å². The smallest absolute Gasteiger partial charge is 0.0932 e. The van der Waals surface area contributed by atoms with Crippen LogP contribution in [0.2, 0.25) is 0 Å². The van der Waals surface area contributed by atoms with Gasteiger partial charge in [0.15, 0.2) is 0 Å². The Morgan fingerprint density at radius 3 is 2.50 bits per heavy atom. The van der Waals surface area contributed by atoms with Gasteiger partial charge in [-0.3, -0.25) is 4.90 Å². The molecule has 0 radical (unpaired) electrons. The van der Waals surface area contributed by atoms with Crippen LogP contribution < -0.4 is 0 Å². The van der Waals surface area contributed by atoms with Gasteiger partial charge in [0, 0.05) is 7.05 Å². The van der Waals surface area contributed by atoms with Crippen molar-refractivity contribution in [2.75, 3.05) is 20.1 Å². The molecule has 1 atom stereocenters. The third-order valence-corrected chi connectivity index (χ3v) is 2.64. The van der Waals surface area contributed by atoms with Gasteiger partial charge in [-0.25, -0.2) is 0 Å². The standard InChI is InChI=1S/C7H14N2S/c1-4-9-5-7(10)8(3)6(9)2/h6H,4-5H2,1-3H3. The van der Waals surface area contributed by atoms with Crippen LogP contribution in [0.25, 0.3) is 0 Å². The zero-order valence-electron chi connectivity index (χ0n) is 6.79. The molecule has 1 aliphatic rings. The first kappa shape index (κ1) is 7.95. The number of nitrogens with zero attached hydrogens (tertiary/aromatic N) is 2. The Morgan fingerprint density at radius 1 is 1.70 bits per heavy atom. The van der Waals surface area contributed by atoms with Gasteiger partial charge in [-0.05, 0) is 13.5 Å². The number of rotatable bonds is 1. The quantitative estimate of drug-likeness (QED) is 0.524. The van der Waals surface area contributed by atoms with E-state index in [1.165, 1.54) is 0 Å². The lowest BCUT2D eigenvalue weighted by Crippen LogP contribution is -2.33. The monoisotopic (exact) mass is 158 g/mol. The molecule has 0 aliphatic carbocycles. The maximum atomic E-state index is 5.15. The van der Waals surface area contributed by atoms with Crippen molar-refractivity contribution in [1.29, 1.82) is 0 Å². The summed E-state index contributed by atoms with van der Waals surface area (Å²) >= 11 is 5.15. The zero-order chi connectivity index (χ0) is 7.72. The average Bonchev–Trinajstić information content (AvgIpc) is 2.17. The van der Waals surface area contributed by atoms with Crippen molar-refractivity contribution in [2.45, 2.75) is 20.0 Å². The van der Waals surface area contributed by atoms with Crippen molar-refractivity contribution < 1.29 is 0 Å². The van der Waals surface area contributed by atoms with E-state index in [1.807, 2.05) is 0 Å². The third kappa shape index (κ3) is 1.16. The predicted octanol–water partition coefficient (Wildman–Crippen LogP) is 0.927. The number of likely N-dealkylation sites (N-methyl/N-ethyl adjacent to an activating group) is 2. The number of hydrogen-bond donors (Lipinski definition) is 0. The first-order chi connectivity index (χ1) is 4.66. The summed E-state index contributed by atoms with van der Waals surface area (Å²) in [5, 5.41) is 0. The van der Waals surface area contributed by atoms with Crippen molar-refractivity contribution in [2.24, 2.45) is 0 Å². The van der Waals surface area contributed by atoms with Crippen molar-refractivity contribution in [3.05, 3.63) is 0 Å². The van der Waals surface area contributed by atoms with E-state index in [0.717, 1.165) is 18.1 Å². The topological polar surface area (TPSA) is 6.48 Å². The molecule has 0 bridgehead atoms. The van der Waals surface area contributed by atoms with E-state index in [2.05, 4.69) is 30.7 Å². The highest BCUT2D eigenvalue weighted by Crippen LogP contribution is 2.12. The highest BCUT2D eigenvalue weighted by atomic mass is 32.1. The Labute approximate surface area is 67.8 Å². The Kier molecular flexibility index (Phi) is 2.26. The molecule has 1 fully saturated rings. The van der Waals surface area contributed by atoms with E-state index in [-0.39, 0.29) is 0 Å². The van der Waals surface area contributed by atoms with Crippen molar-refractivity contribution >= 4 is 17.2 Å². The van der Waals surface area contributed by atoms with Crippen LogP contribution in [0.4, 0.5) is 0 Å². The number of hydrogen-bond acceptors (Lipinski definition) is 2. The molecule has 58 valence electrons. The van der Waals surface area contributed by atoms with E-state index in [4.69, 9.17) is 12.2 Å². The van der Waals surface area contributed by atoms with Crippen LogP contribution >= 0.6 is 12.2 Å². The molecule has 1 rings (SSSR count). The molecule has 0 aromatic carbocycles. The van der Waals surface area contributed by atoms with Gasteiger partial charge in [-0.2, -0.15) is 0 Å². The second kappa shape index (κ2) is 2.84. The van der Waals surface area contributed by atoms with E-state index in [9.17, 15) is 0 Å². The van der Waals surface area contributed by atoms with Gasteiger partial charge in [0.05, 0.1) is 17.7 Å². The van der Waals surface area contributed by atoms with Gasteiger partial charge >= 0.3 is 0 Å². The molecular weight excluding hydrogens is 144 g/mol. The van der Waals surface area contributed by atoms with Crippen LogP contribution in [0.15, 0.2) is 0 Å². The lowest BCUT2D eigenvalue weighted by molar-refractivity contribution is 0.196. The van der Waals surface area contributed by atoms with Crippen LogP contribution in [0.3, 0.4) is 0 Å². The fourth-order valence-corrected chi connectivity index (χ4v) is 1.57. The fourth-order valence-electron chi connectivity index (χ4n) is 1.25. The van der Waals surface area contributed by atoms with Crippen molar-refractivity contribution in [3.63, 3.8) is 0 Å². The van der Waals surface area contributed by atoms with Crippen LogP contribution in [-0.2, 0) is 0 Å². The normalized spacial score (nSPS) is 28.1.